The Morgan fingerprint density at radius 1 is 1.27 bits per heavy atom. The number of nitrogens with zero attached hydrogens (tertiary/aromatic N) is 5. The van der Waals surface area contributed by atoms with Crippen LogP contribution in [0.1, 0.15) is 19.4 Å². The maximum atomic E-state index is 12.9. The third-order valence-corrected chi connectivity index (χ3v) is 4.94. The second kappa shape index (κ2) is 8.50. The van der Waals surface area contributed by atoms with Gasteiger partial charge in [-0.1, -0.05) is 24.6 Å². The summed E-state index contributed by atoms with van der Waals surface area (Å²) in [6.07, 6.45) is 0.0758. The van der Waals surface area contributed by atoms with Crippen LogP contribution in [0.15, 0.2) is 48.5 Å². The van der Waals surface area contributed by atoms with Gasteiger partial charge in [-0.05, 0) is 54.1 Å². The third kappa shape index (κ3) is 4.11. The molecule has 1 aliphatic heterocycles. The lowest BCUT2D eigenvalue weighted by molar-refractivity contribution is -0.119. The molecule has 0 bridgehead atoms. The van der Waals surface area contributed by atoms with Crippen LogP contribution in [-0.4, -0.2) is 45.4 Å². The molecular weight excluding hydrogens is 408 g/mol. The quantitative estimate of drug-likeness (QED) is 0.646. The van der Waals surface area contributed by atoms with Gasteiger partial charge in [-0.3, -0.25) is 9.69 Å². The van der Waals surface area contributed by atoms with E-state index in [-0.39, 0.29) is 5.91 Å². The van der Waals surface area contributed by atoms with Gasteiger partial charge in [-0.2, -0.15) is 4.80 Å². The summed E-state index contributed by atoms with van der Waals surface area (Å²) in [4.78, 5) is 27.5. The van der Waals surface area contributed by atoms with Crippen molar-refractivity contribution in [2.24, 2.45) is 0 Å². The van der Waals surface area contributed by atoms with Gasteiger partial charge in [0.1, 0.15) is 6.61 Å². The number of rotatable bonds is 6. The summed E-state index contributed by atoms with van der Waals surface area (Å²) in [5.74, 6) is 0.131. The van der Waals surface area contributed by atoms with E-state index in [2.05, 4.69) is 20.7 Å². The Balaban J connectivity index is 1.50. The summed E-state index contributed by atoms with van der Waals surface area (Å²) >= 11 is 5.91. The number of cyclic esters (lactones) is 1. The molecule has 1 saturated heterocycles. The van der Waals surface area contributed by atoms with E-state index >= 15 is 0 Å². The van der Waals surface area contributed by atoms with E-state index in [1.54, 1.807) is 48.5 Å². The zero-order valence-corrected chi connectivity index (χ0v) is 16.9. The van der Waals surface area contributed by atoms with Gasteiger partial charge in [-0.15, -0.1) is 10.2 Å². The molecule has 0 radical (unpaired) electrons. The van der Waals surface area contributed by atoms with Gasteiger partial charge in [0.05, 0.1) is 6.54 Å². The molecule has 2 aromatic carbocycles. The maximum Gasteiger partial charge on any atom is 0.414 e. The third-order valence-electron chi connectivity index (χ3n) is 4.68. The van der Waals surface area contributed by atoms with Crippen molar-refractivity contribution >= 4 is 35.0 Å². The van der Waals surface area contributed by atoms with Gasteiger partial charge in [0.15, 0.2) is 6.04 Å². The number of hydrogen-bond donors (Lipinski definition) is 1. The Kier molecular flexibility index (Phi) is 5.62. The van der Waals surface area contributed by atoms with E-state index in [0.29, 0.717) is 41.8 Å². The highest BCUT2D eigenvalue weighted by Crippen LogP contribution is 2.24. The molecule has 4 rings (SSSR count). The molecule has 1 fully saturated rings. The van der Waals surface area contributed by atoms with Crippen LogP contribution in [0.5, 0.6) is 0 Å². The summed E-state index contributed by atoms with van der Waals surface area (Å²) in [7, 11) is 0. The van der Waals surface area contributed by atoms with Crippen molar-refractivity contribution < 1.29 is 14.3 Å². The minimum absolute atomic E-state index is 0.279. The number of carbonyl (C=O) groups excluding carboxylic acids is 2. The molecule has 2 amide bonds. The Bertz CT molecular complexity index is 1070. The van der Waals surface area contributed by atoms with Crippen molar-refractivity contribution in [3.8, 4) is 11.4 Å². The van der Waals surface area contributed by atoms with Crippen molar-refractivity contribution in [3.05, 3.63) is 53.6 Å². The number of halogens is 1. The van der Waals surface area contributed by atoms with Crippen LogP contribution in [0.4, 0.5) is 16.2 Å². The molecule has 0 aliphatic carbocycles. The summed E-state index contributed by atoms with van der Waals surface area (Å²) in [5, 5.41) is 15.9. The topological polar surface area (TPSA) is 102 Å². The van der Waals surface area contributed by atoms with E-state index in [4.69, 9.17) is 16.3 Å². The lowest BCUT2D eigenvalue weighted by Crippen LogP contribution is -2.27. The molecule has 1 atom stereocenters. The van der Waals surface area contributed by atoms with Gasteiger partial charge in [-0.25, -0.2) is 4.79 Å². The first kappa shape index (κ1) is 19.8. The second-order valence-corrected chi connectivity index (χ2v) is 7.11. The van der Waals surface area contributed by atoms with Gasteiger partial charge < -0.3 is 10.1 Å². The van der Waals surface area contributed by atoms with E-state index < -0.39 is 12.1 Å². The Morgan fingerprint density at radius 3 is 2.77 bits per heavy atom. The summed E-state index contributed by atoms with van der Waals surface area (Å²) in [6.45, 7) is 2.69. The fourth-order valence-electron chi connectivity index (χ4n) is 3.13. The first-order valence-electron chi connectivity index (χ1n) is 9.46. The fraction of sp³-hybridized carbons (Fsp3) is 0.250. The molecule has 1 unspecified atom stereocenters. The van der Waals surface area contributed by atoms with Crippen LogP contribution < -0.4 is 10.2 Å². The molecule has 0 saturated carbocycles. The van der Waals surface area contributed by atoms with Crippen LogP contribution in [0.2, 0.25) is 5.02 Å². The average Bonchev–Trinajstić information content (AvgIpc) is 3.39. The van der Waals surface area contributed by atoms with E-state index in [1.807, 2.05) is 6.92 Å². The van der Waals surface area contributed by atoms with E-state index in [0.717, 1.165) is 5.56 Å². The van der Waals surface area contributed by atoms with Gasteiger partial charge in [0, 0.05) is 22.0 Å². The monoisotopic (exact) mass is 426 g/mol. The Labute approximate surface area is 177 Å². The molecule has 1 N–H and O–H groups in total. The number of tetrazole rings is 1. The molecule has 0 spiro atoms. The number of nitrogens with one attached hydrogen (secondary N) is 1. The molecule has 154 valence electrons. The minimum atomic E-state index is -0.640. The molecule has 30 heavy (non-hydrogen) atoms. The van der Waals surface area contributed by atoms with Crippen LogP contribution in [0.25, 0.3) is 11.4 Å². The Hall–Kier alpha value is -3.46. The molecule has 1 aliphatic rings. The number of amides is 2. The summed E-state index contributed by atoms with van der Waals surface area (Å²) < 4.78 is 4.97. The number of ether oxygens (including phenoxy) is 1. The zero-order chi connectivity index (χ0) is 21.1. The van der Waals surface area contributed by atoms with Crippen molar-refractivity contribution in [1.29, 1.82) is 0 Å². The van der Waals surface area contributed by atoms with Crippen molar-refractivity contribution in [1.82, 2.24) is 20.2 Å². The van der Waals surface area contributed by atoms with E-state index in [1.165, 1.54) is 9.70 Å². The van der Waals surface area contributed by atoms with Crippen LogP contribution in [0.3, 0.4) is 0 Å². The van der Waals surface area contributed by atoms with Crippen molar-refractivity contribution in [2.75, 3.05) is 23.4 Å². The number of anilines is 2. The number of aromatic nitrogens is 4. The SMILES string of the molecule is CCC(C(=O)Nc1cccc(N2CCOC2=O)c1)n1nnc(-c2ccc(Cl)cc2)n1. The smallest absolute Gasteiger partial charge is 0.414 e. The number of carbonyl (C=O) groups is 2. The molecule has 3 aromatic rings. The lowest BCUT2D eigenvalue weighted by atomic mass is 10.2. The largest absolute Gasteiger partial charge is 0.447 e. The van der Waals surface area contributed by atoms with Gasteiger partial charge >= 0.3 is 6.09 Å². The highest BCUT2D eigenvalue weighted by atomic mass is 35.5. The molecule has 2 heterocycles. The average molecular weight is 427 g/mol. The first-order valence-corrected chi connectivity index (χ1v) is 9.83. The molecule has 9 nitrogen and oxygen atoms in total. The van der Waals surface area contributed by atoms with Crippen molar-refractivity contribution in [2.45, 2.75) is 19.4 Å². The number of benzene rings is 2. The Morgan fingerprint density at radius 2 is 2.07 bits per heavy atom. The predicted octanol–water partition coefficient (Wildman–Crippen LogP) is 3.54. The predicted molar refractivity (Wildman–Crippen MR) is 111 cm³/mol. The van der Waals surface area contributed by atoms with Gasteiger partial charge in [0.2, 0.25) is 5.82 Å². The minimum Gasteiger partial charge on any atom is -0.447 e. The van der Waals surface area contributed by atoms with E-state index in [9.17, 15) is 9.59 Å². The highest BCUT2D eigenvalue weighted by Gasteiger charge is 2.25. The first-order chi connectivity index (χ1) is 14.5. The zero-order valence-electron chi connectivity index (χ0n) is 16.2. The highest BCUT2D eigenvalue weighted by molar-refractivity contribution is 6.30. The summed E-state index contributed by atoms with van der Waals surface area (Å²) in [6, 6.07) is 13.5. The molecular formula is C20H19ClN6O3. The molecule has 10 heteroatoms. The van der Waals surface area contributed by atoms with Crippen LogP contribution in [0, 0.1) is 0 Å². The van der Waals surface area contributed by atoms with Crippen LogP contribution in [-0.2, 0) is 9.53 Å². The fourth-order valence-corrected chi connectivity index (χ4v) is 3.26. The van der Waals surface area contributed by atoms with Gasteiger partial charge in [0.25, 0.3) is 5.91 Å². The normalized spacial score (nSPS) is 14.5. The summed E-state index contributed by atoms with van der Waals surface area (Å²) in [5.41, 5.74) is 1.98. The molecule has 1 aromatic heterocycles. The second-order valence-electron chi connectivity index (χ2n) is 6.67. The lowest BCUT2D eigenvalue weighted by Gasteiger charge is -2.16. The van der Waals surface area contributed by atoms with Crippen LogP contribution >= 0.6 is 11.6 Å². The standard InChI is InChI=1S/C20H19ClN6O3/c1-2-17(27-24-18(23-25-27)13-6-8-14(21)9-7-13)19(28)22-15-4-3-5-16(12-15)26-10-11-30-20(26)29/h3-9,12,17H,2,10-11H2,1H3,(H,22,28). The van der Waals surface area contributed by atoms with Crippen molar-refractivity contribution in [3.63, 3.8) is 0 Å². The number of hydrogen-bond acceptors (Lipinski definition) is 6. The maximum absolute atomic E-state index is 12.9.